The standard InChI is InChI=1S/C5H7F3O2/c6-5(7,8)1-3-10-4-2-9/h1,3,9H,2,4H2. The third-order valence-electron chi connectivity index (χ3n) is 0.562. The fraction of sp³-hybridized carbons (Fsp3) is 0.600. The first-order chi connectivity index (χ1) is 4.56. The molecule has 0 aromatic carbocycles. The smallest absolute Gasteiger partial charge is 0.412 e. The summed E-state index contributed by atoms with van der Waals surface area (Å²) in [4.78, 5) is 0. The maximum Gasteiger partial charge on any atom is 0.412 e. The van der Waals surface area contributed by atoms with Crippen molar-refractivity contribution in [2.75, 3.05) is 13.2 Å². The van der Waals surface area contributed by atoms with Gasteiger partial charge in [-0.1, -0.05) is 0 Å². The molecule has 0 aromatic rings. The number of alkyl halides is 3. The van der Waals surface area contributed by atoms with E-state index in [4.69, 9.17) is 5.11 Å². The van der Waals surface area contributed by atoms with Crippen molar-refractivity contribution in [2.45, 2.75) is 6.18 Å². The van der Waals surface area contributed by atoms with Gasteiger partial charge >= 0.3 is 6.18 Å². The molecule has 0 aliphatic heterocycles. The van der Waals surface area contributed by atoms with E-state index in [1.165, 1.54) is 0 Å². The van der Waals surface area contributed by atoms with Crippen LogP contribution in [-0.4, -0.2) is 24.5 Å². The molecule has 0 rings (SSSR count). The number of hydrogen-bond donors (Lipinski definition) is 1. The summed E-state index contributed by atoms with van der Waals surface area (Å²) in [5.41, 5.74) is 0. The van der Waals surface area contributed by atoms with Gasteiger partial charge in [0.15, 0.2) is 0 Å². The molecule has 60 valence electrons. The first-order valence-corrected chi connectivity index (χ1v) is 2.53. The van der Waals surface area contributed by atoms with Crippen molar-refractivity contribution >= 4 is 0 Å². The molecule has 0 saturated heterocycles. The Morgan fingerprint density at radius 1 is 1.40 bits per heavy atom. The number of hydrogen-bond acceptors (Lipinski definition) is 2. The topological polar surface area (TPSA) is 29.5 Å². The molecule has 0 unspecified atom stereocenters. The van der Waals surface area contributed by atoms with Gasteiger partial charge in [0.25, 0.3) is 0 Å². The Morgan fingerprint density at radius 3 is 2.40 bits per heavy atom. The van der Waals surface area contributed by atoms with Gasteiger partial charge in [0.2, 0.25) is 0 Å². The van der Waals surface area contributed by atoms with Gasteiger partial charge in [-0.15, -0.1) is 0 Å². The number of halogens is 3. The second-order valence-corrected chi connectivity index (χ2v) is 1.44. The highest BCUT2D eigenvalue weighted by Crippen LogP contribution is 2.15. The second kappa shape index (κ2) is 4.16. The third-order valence-corrected chi connectivity index (χ3v) is 0.562. The van der Waals surface area contributed by atoms with Crippen LogP contribution in [0.2, 0.25) is 0 Å². The monoisotopic (exact) mass is 156 g/mol. The van der Waals surface area contributed by atoms with Crippen LogP contribution in [-0.2, 0) is 4.74 Å². The van der Waals surface area contributed by atoms with Crippen molar-refractivity contribution in [3.63, 3.8) is 0 Å². The van der Waals surface area contributed by atoms with E-state index in [-0.39, 0.29) is 19.3 Å². The number of allylic oxidation sites excluding steroid dienone is 1. The van der Waals surface area contributed by atoms with Crippen LogP contribution in [0, 0.1) is 0 Å². The van der Waals surface area contributed by atoms with Crippen molar-refractivity contribution in [3.05, 3.63) is 12.3 Å². The zero-order valence-corrected chi connectivity index (χ0v) is 5.06. The Hall–Kier alpha value is -0.710. The molecule has 0 spiro atoms. The SMILES string of the molecule is OCCOC=CC(F)(F)F. The van der Waals surface area contributed by atoms with Crippen LogP contribution in [0.5, 0.6) is 0 Å². The number of aliphatic hydroxyl groups excluding tert-OH is 1. The van der Waals surface area contributed by atoms with Gasteiger partial charge in [0.1, 0.15) is 6.61 Å². The maximum absolute atomic E-state index is 11.3. The summed E-state index contributed by atoms with van der Waals surface area (Å²) < 4.78 is 38.0. The lowest BCUT2D eigenvalue weighted by atomic mass is 10.6. The number of aliphatic hydroxyl groups is 1. The van der Waals surface area contributed by atoms with Gasteiger partial charge in [-0.2, -0.15) is 13.2 Å². The molecule has 0 amide bonds. The molecular weight excluding hydrogens is 149 g/mol. The summed E-state index contributed by atoms with van der Waals surface area (Å²) in [7, 11) is 0. The van der Waals surface area contributed by atoms with Crippen molar-refractivity contribution in [2.24, 2.45) is 0 Å². The summed E-state index contributed by atoms with van der Waals surface area (Å²) in [5.74, 6) is 0. The van der Waals surface area contributed by atoms with Gasteiger partial charge in [-0.3, -0.25) is 0 Å². The summed E-state index contributed by atoms with van der Waals surface area (Å²) in [5, 5.41) is 8.06. The minimum absolute atomic E-state index is 0.0390. The van der Waals surface area contributed by atoms with E-state index < -0.39 is 6.18 Å². The molecule has 0 fully saturated rings. The van der Waals surface area contributed by atoms with E-state index >= 15 is 0 Å². The molecule has 0 radical (unpaired) electrons. The van der Waals surface area contributed by atoms with Crippen LogP contribution in [0.25, 0.3) is 0 Å². The highest BCUT2D eigenvalue weighted by molar-refractivity contribution is 4.82. The molecule has 0 aliphatic rings. The van der Waals surface area contributed by atoms with Crippen molar-refractivity contribution in [1.82, 2.24) is 0 Å². The molecule has 0 atom stereocenters. The van der Waals surface area contributed by atoms with E-state index in [0.717, 1.165) is 0 Å². The molecule has 0 saturated carbocycles. The van der Waals surface area contributed by atoms with Crippen LogP contribution in [0.15, 0.2) is 12.3 Å². The minimum Gasteiger partial charge on any atom is -0.499 e. The normalized spacial score (nSPS) is 12.4. The predicted octanol–water partition coefficient (Wildman–Crippen LogP) is 1.07. The average Bonchev–Trinajstić information content (AvgIpc) is 1.78. The Balaban J connectivity index is 3.37. The fourth-order valence-electron chi connectivity index (χ4n) is 0.246. The maximum atomic E-state index is 11.3. The second-order valence-electron chi connectivity index (χ2n) is 1.44. The zero-order chi connectivity index (χ0) is 8.04. The summed E-state index contributed by atoms with van der Waals surface area (Å²) >= 11 is 0. The van der Waals surface area contributed by atoms with Gasteiger partial charge in [-0.05, 0) is 0 Å². The Morgan fingerprint density at radius 2 is 2.00 bits per heavy atom. The fourth-order valence-corrected chi connectivity index (χ4v) is 0.246. The van der Waals surface area contributed by atoms with Crippen LogP contribution in [0.3, 0.4) is 0 Å². The molecule has 2 nitrogen and oxygen atoms in total. The van der Waals surface area contributed by atoms with Gasteiger partial charge in [-0.25, -0.2) is 0 Å². The molecule has 0 aromatic heterocycles. The lowest BCUT2D eigenvalue weighted by Gasteiger charge is -1.98. The minimum atomic E-state index is -4.34. The highest BCUT2D eigenvalue weighted by Gasteiger charge is 2.22. The summed E-state index contributed by atoms with van der Waals surface area (Å²) in [6.45, 7) is -0.408. The molecule has 0 bridgehead atoms. The van der Waals surface area contributed by atoms with Crippen molar-refractivity contribution < 1.29 is 23.0 Å². The van der Waals surface area contributed by atoms with E-state index in [9.17, 15) is 13.2 Å². The Labute approximate surface area is 55.9 Å². The predicted molar refractivity (Wildman–Crippen MR) is 28.2 cm³/mol. The lowest BCUT2D eigenvalue weighted by molar-refractivity contribution is -0.0817. The molecule has 0 heterocycles. The summed E-state index contributed by atoms with van der Waals surface area (Å²) in [6.07, 6.45) is -3.87. The molecule has 5 heteroatoms. The van der Waals surface area contributed by atoms with Gasteiger partial charge in [0.05, 0.1) is 18.9 Å². The highest BCUT2D eigenvalue weighted by atomic mass is 19.4. The van der Waals surface area contributed by atoms with E-state index in [1.54, 1.807) is 0 Å². The van der Waals surface area contributed by atoms with Crippen LogP contribution in [0.4, 0.5) is 13.2 Å². The first kappa shape index (κ1) is 9.29. The van der Waals surface area contributed by atoms with Crippen LogP contribution in [0.1, 0.15) is 0 Å². The number of ether oxygens (including phenoxy) is 1. The van der Waals surface area contributed by atoms with E-state index in [1.807, 2.05) is 0 Å². The Kier molecular flexibility index (Phi) is 3.87. The average molecular weight is 156 g/mol. The molecule has 0 aliphatic carbocycles. The van der Waals surface area contributed by atoms with E-state index in [2.05, 4.69) is 4.74 Å². The molecule has 10 heavy (non-hydrogen) atoms. The quantitative estimate of drug-likeness (QED) is 0.489. The van der Waals surface area contributed by atoms with Gasteiger partial charge < -0.3 is 9.84 Å². The van der Waals surface area contributed by atoms with Crippen molar-refractivity contribution in [1.29, 1.82) is 0 Å². The molecule has 1 N–H and O–H groups in total. The molecular formula is C5H7F3O2. The first-order valence-electron chi connectivity index (χ1n) is 2.53. The van der Waals surface area contributed by atoms with Gasteiger partial charge in [0, 0.05) is 0 Å². The van der Waals surface area contributed by atoms with Crippen LogP contribution < -0.4 is 0 Å². The lowest BCUT2D eigenvalue weighted by Crippen LogP contribution is -2.02. The van der Waals surface area contributed by atoms with E-state index in [0.29, 0.717) is 6.26 Å². The Bertz CT molecular complexity index is 108. The number of rotatable bonds is 3. The third kappa shape index (κ3) is 7.29. The largest absolute Gasteiger partial charge is 0.499 e. The van der Waals surface area contributed by atoms with Crippen LogP contribution >= 0.6 is 0 Å². The van der Waals surface area contributed by atoms with Crippen molar-refractivity contribution in [3.8, 4) is 0 Å². The zero-order valence-electron chi connectivity index (χ0n) is 5.06. The summed E-state index contributed by atoms with van der Waals surface area (Å²) in [6, 6.07) is 0.